The van der Waals surface area contributed by atoms with Crippen molar-refractivity contribution in [3.8, 4) is 11.8 Å². The van der Waals surface area contributed by atoms with Gasteiger partial charge in [-0.2, -0.15) is 0 Å². The van der Waals surface area contributed by atoms with Crippen molar-refractivity contribution in [3.63, 3.8) is 0 Å². The molecule has 1 aromatic carbocycles. The fourth-order valence-electron chi connectivity index (χ4n) is 2.82. The van der Waals surface area contributed by atoms with Gasteiger partial charge in [0.25, 0.3) is 0 Å². The SMILES string of the molecule is CC1CN(C)CCCN1Cc1ccc(F)cc1C#CCN. The third-order valence-corrected chi connectivity index (χ3v) is 3.95. The molecule has 2 rings (SSSR count). The van der Waals surface area contributed by atoms with Gasteiger partial charge in [0.05, 0.1) is 6.54 Å². The van der Waals surface area contributed by atoms with E-state index in [0.717, 1.165) is 43.7 Å². The van der Waals surface area contributed by atoms with Gasteiger partial charge in [-0.15, -0.1) is 0 Å². The molecular weight excluding hydrogens is 265 g/mol. The van der Waals surface area contributed by atoms with E-state index in [4.69, 9.17) is 5.73 Å². The van der Waals surface area contributed by atoms with Crippen LogP contribution in [0.2, 0.25) is 0 Å². The Labute approximate surface area is 126 Å². The van der Waals surface area contributed by atoms with Crippen LogP contribution in [0.15, 0.2) is 18.2 Å². The third-order valence-electron chi connectivity index (χ3n) is 3.95. The van der Waals surface area contributed by atoms with Gasteiger partial charge in [0.15, 0.2) is 0 Å². The van der Waals surface area contributed by atoms with Crippen molar-refractivity contribution >= 4 is 0 Å². The molecule has 0 spiro atoms. The quantitative estimate of drug-likeness (QED) is 0.841. The van der Waals surface area contributed by atoms with Crippen LogP contribution in [0.5, 0.6) is 0 Å². The molecular formula is C17H24FN3. The summed E-state index contributed by atoms with van der Waals surface area (Å²) in [6.07, 6.45) is 1.16. The van der Waals surface area contributed by atoms with Crippen molar-refractivity contribution in [3.05, 3.63) is 35.1 Å². The van der Waals surface area contributed by atoms with Gasteiger partial charge in [-0.05, 0) is 44.6 Å². The van der Waals surface area contributed by atoms with Crippen molar-refractivity contribution in [2.24, 2.45) is 5.73 Å². The van der Waals surface area contributed by atoms with Gasteiger partial charge in [-0.3, -0.25) is 4.90 Å². The van der Waals surface area contributed by atoms with Crippen LogP contribution in [0.3, 0.4) is 0 Å². The fourth-order valence-corrected chi connectivity index (χ4v) is 2.82. The van der Waals surface area contributed by atoms with Crippen LogP contribution < -0.4 is 5.73 Å². The summed E-state index contributed by atoms with van der Waals surface area (Å²) in [6.45, 7) is 6.60. The van der Waals surface area contributed by atoms with Gasteiger partial charge >= 0.3 is 0 Å². The van der Waals surface area contributed by atoms with E-state index in [1.165, 1.54) is 12.1 Å². The van der Waals surface area contributed by atoms with Crippen molar-refractivity contribution in [1.29, 1.82) is 0 Å². The second kappa shape index (κ2) is 7.56. The van der Waals surface area contributed by atoms with Gasteiger partial charge in [-0.25, -0.2) is 4.39 Å². The maximum Gasteiger partial charge on any atom is 0.124 e. The van der Waals surface area contributed by atoms with E-state index in [-0.39, 0.29) is 5.82 Å². The average molecular weight is 289 g/mol. The Morgan fingerprint density at radius 2 is 2.19 bits per heavy atom. The van der Waals surface area contributed by atoms with Crippen LogP contribution >= 0.6 is 0 Å². The van der Waals surface area contributed by atoms with E-state index in [1.54, 1.807) is 0 Å². The molecule has 0 aliphatic carbocycles. The minimum atomic E-state index is -0.247. The van der Waals surface area contributed by atoms with E-state index >= 15 is 0 Å². The highest BCUT2D eigenvalue weighted by molar-refractivity contribution is 5.42. The Morgan fingerprint density at radius 3 is 2.95 bits per heavy atom. The first-order chi connectivity index (χ1) is 10.1. The first-order valence-corrected chi connectivity index (χ1v) is 7.50. The molecule has 1 heterocycles. The van der Waals surface area contributed by atoms with Gasteiger partial charge in [0, 0.05) is 31.2 Å². The highest BCUT2D eigenvalue weighted by atomic mass is 19.1. The van der Waals surface area contributed by atoms with Crippen LogP contribution in [0.1, 0.15) is 24.5 Å². The minimum absolute atomic E-state index is 0.247. The number of nitrogens with two attached hydrogens (primary N) is 1. The van der Waals surface area contributed by atoms with E-state index in [0.29, 0.717) is 12.6 Å². The maximum absolute atomic E-state index is 13.4. The lowest BCUT2D eigenvalue weighted by Crippen LogP contribution is -2.37. The van der Waals surface area contributed by atoms with Crippen molar-refractivity contribution in [2.45, 2.75) is 25.9 Å². The Hall–Kier alpha value is -1.41. The van der Waals surface area contributed by atoms with Crippen molar-refractivity contribution < 1.29 is 4.39 Å². The average Bonchev–Trinajstić information content (AvgIpc) is 2.60. The van der Waals surface area contributed by atoms with Crippen LogP contribution in [0, 0.1) is 17.7 Å². The first-order valence-electron chi connectivity index (χ1n) is 7.50. The number of benzene rings is 1. The summed E-state index contributed by atoms with van der Waals surface area (Å²) in [5.41, 5.74) is 7.26. The Balaban J connectivity index is 2.18. The van der Waals surface area contributed by atoms with Crippen LogP contribution in [0.25, 0.3) is 0 Å². The molecule has 21 heavy (non-hydrogen) atoms. The lowest BCUT2D eigenvalue weighted by molar-refractivity contribution is 0.194. The largest absolute Gasteiger partial charge is 0.320 e. The normalized spacial score (nSPS) is 20.7. The lowest BCUT2D eigenvalue weighted by atomic mass is 10.1. The monoisotopic (exact) mass is 289 g/mol. The molecule has 1 aliphatic heterocycles. The second-order valence-electron chi connectivity index (χ2n) is 5.74. The zero-order chi connectivity index (χ0) is 15.2. The zero-order valence-corrected chi connectivity index (χ0v) is 12.9. The number of hydrogen-bond acceptors (Lipinski definition) is 3. The van der Waals surface area contributed by atoms with Gasteiger partial charge < -0.3 is 10.6 Å². The molecule has 3 nitrogen and oxygen atoms in total. The standard InChI is InChI=1S/C17H24FN3/c1-14-12-20(2)9-4-10-21(14)13-16-6-7-17(18)11-15(16)5-3-8-19/h6-7,11,14H,4,8-10,12-13,19H2,1-2H3. The topological polar surface area (TPSA) is 32.5 Å². The van der Waals surface area contributed by atoms with E-state index in [9.17, 15) is 4.39 Å². The predicted molar refractivity (Wildman–Crippen MR) is 84.3 cm³/mol. The molecule has 1 saturated heterocycles. The minimum Gasteiger partial charge on any atom is -0.320 e. The van der Waals surface area contributed by atoms with Crippen LogP contribution in [-0.2, 0) is 6.54 Å². The van der Waals surface area contributed by atoms with Crippen LogP contribution in [-0.4, -0.2) is 49.1 Å². The zero-order valence-electron chi connectivity index (χ0n) is 12.9. The molecule has 4 heteroatoms. The molecule has 1 unspecified atom stereocenters. The first kappa shape index (κ1) is 16.0. The summed E-state index contributed by atoms with van der Waals surface area (Å²) < 4.78 is 13.4. The van der Waals surface area contributed by atoms with Crippen molar-refractivity contribution in [1.82, 2.24) is 9.80 Å². The number of nitrogens with zero attached hydrogens (tertiary/aromatic N) is 2. The fraction of sp³-hybridized carbons (Fsp3) is 0.529. The molecule has 1 atom stereocenters. The lowest BCUT2D eigenvalue weighted by Gasteiger charge is -2.28. The van der Waals surface area contributed by atoms with Gasteiger partial charge in [0.2, 0.25) is 0 Å². The number of rotatable bonds is 2. The Morgan fingerprint density at radius 1 is 1.38 bits per heavy atom. The summed E-state index contributed by atoms with van der Waals surface area (Å²) in [4.78, 5) is 4.81. The summed E-state index contributed by atoms with van der Waals surface area (Å²) in [6, 6.07) is 5.35. The summed E-state index contributed by atoms with van der Waals surface area (Å²) in [7, 11) is 2.16. The van der Waals surface area contributed by atoms with E-state index < -0.39 is 0 Å². The number of likely N-dealkylation sites (N-methyl/N-ethyl adjacent to an activating group) is 1. The second-order valence-corrected chi connectivity index (χ2v) is 5.74. The number of hydrogen-bond donors (Lipinski definition) is 1. The molecule has 0 aromatic heterocycles. The highest BCUT2D eigenvalue weighted by Gasteiger charge is 2.20. The molecule has 2 N–H and O–H groups in total. The van der Waals surface area contributed by atoms with Gasteiger partial charge in [0.1, 0.15) is 5.82 Å². The molecule has 1 aromatic rings. The summed E-state index contributed by atoms with van der Waals surface area (Å²) in [5, 5.41) is 0. The summed E-state index contributed by atoms with van der Waals surface area (Å²) in [5.74, 6) is 5.57. The number of halogens is 1. The smallest absolute Gasteiger partial charge is 0.124 e. The molecule has 1 aliphatic rings. The maximum atomic E-state index is 13.4. The van der Waals surface area contributed by atoms with E-state index in [2.05, 4.69) is 35.6 Å². The Bertz CT molecular complexity index is 533. The van der Waals surface area contributed by atoms with Crippen molar-refractivity contribution in [2.75, 3.05) is 33.2 Å². The predicted octanol–water partition coefficient (Wildman–Crippen LogP) is 1.66. The highest BCUT2D eigenvalue weighted by Crippen LogP contribution is 2.17. The van der Waals surface area contributed by atoms with Gasteiger partial charge in [-0.1, -0.05) is 17.9 Å². The van der Waals surface area contributed by atoms with Crippen LogP contribution in [0.4, 0.5) is 4.39 Å². The molecule has 1 fully saturated rings. The molecule has 114 valence electrons. The van der Waals surface area contributed by atoms with E-state index in [1.807, 2.05) is 6.07 Å². The molecule has 0 saturated carbocycles. The molecule has 0 amide bonds. The third kappa shape index (κ3) is 4.53. The molecule has 0 radical (unpaired) electrons. The molecule has 0 bridgehead atoms. The Kier molecular flexibility index (Phi) is 5.75. The summed E-state index contributed by atoms with van der Waals surface area (Å²) >= 11 is 0.